The molecule has 0 bridgehead atoms. The van der Waals surface area contributed by atoms with Crippen molar-refractivity contribution in [1.82, 2.24) is 0 Å². The Balaban J connectivity index is 1.38. The molecule has 5 rings (SSSR count). The van der Waals surface area contributed by atoms with E-state index in [1.54, 1.807) is 11.8 Å². The monoisotopic (exact) mass is 532 g/mol. The van der Waals surface area contributed by atoms with Crippen molar-refractivity contribution in [2.75, 3.05) is 4.90 Å². The molecule has 6 nitrogen and oxygen atoms in total. The van der Waals surface area contributed by atoms with Gasteiger partial charge in [-0.1, -0.05) is 98.8 Å². The van der Waals surface area contributed by atoms with Gasteiger partial charge in [0.05, 0.1) is 4.92 Å². The highest BCUT2D eigenvalue weighted by Crippen LogP contribution is 2.51. The number of nitro groups is 1. The summed E-state index contributed by atoms with van der Waals surface area (Å²) >= 11 is 0. The topological polar surface area (TPSA) is 86.8 Å². The second kappa shape index (κ2) is 10.5. The highest BCUT2D eigenvalue weighted by Gasteiger charge is 2.53. The molecule has 202 valence electrons. The normalized spacial score (nSPS) is 17.9. The van der Waals surface area contributed by atoms with Crippen LogP contribution in [0.4, 0.5) is 11.4 Å². The van der Waals surface area contributed by atoms with Crippen molar-refractivity contribution in [3.05, 3.63) is 134 Å². The first-order valence-electron chi connectivity index (χ1n) is 13.2. The van der Waals surface area contributed by atoms with E-state index in [9.17, 15) is 20.3 Å². The fourth-order valence-corrected chi connectivity index (χ4v) is 5.11. The minimum absolute atomic E-state index is 0.0474. The molecular weight excluding hydrogens is 500 g/mol. The number of benzene rings is 4. The molecule has 40 heavy (non-hydrogen) atoms. The number of fused-ring (bicyclic) bond motifs is 1. The zero-order chi connectivity index (χ0) is 28.5. The molecule has 0 saturated carbocycles. The number of rotatable bonds is 7. The maximum Gasteiger partial charge on any atom is 0.270 e. The van der Waals surface area contributed by atoms with Crippen molar-refractivity contribution in [3.8, 4) is 5.75 Å². The second-order valence-corrected chi connectivity index (χ2v) is 10.8. The quantitative estimate of drug-likeness (QED) is 0.145. The van der Waals surface area contributed by atoms with Crippen LogP contribution in [0, 0.1) is 10.1 Å². The van der Waals surface area contributed by atoms with Gasteiger partial charge in [-0.05, 0) is 52.9 Å². The molecule has 1 unspecified atom stereocenters. The number of hydrogen-bond acceptors (Lipinski definition) is 5. The third-order valence-electron chi connectivity index (χ3n) is 7.97. The van der Waals surface area contributed by atoms with Crippen LogP contribution < -0.4 is 4.90 Å². The molecule has 0 aromatic heterocycles. The van der Waals surface area contributed by atoms with Crippen LogP contribution in [0.5, 0.6) is 5.75 Å². The molecule has 0 saturated heterocycles. The van der Waals surface area contributed by atoms with E-state index in [0.717, 1.165) is 33.5 Å². The zero-order valence-electron chi connectivity index (χ0n) is 22.8. The summed E-state index contributed by atoms with van der Waals surface area (Å²) in [5.74, 6) is -0.0474. The molecule has 0 radical (unpaired) electrons. The number of phenols is 1. The van der Waals surface area contributed by atoms with Gasteiger partial charge >= 0.3 is 0 Å². The summed E-state index contributed by atoms with van der Waals surface area (Å²) in [6.07, 6.45) is 8.30. The van der Waals surface area contributed by atoms with Crippen LogP contribution >= 0.6 is 0 Å². The van der Waals surface area contributed by atoms with Crippen LogP contribution in [-0.4, -0.2) is 20.9 Å². The van der Waals surface area contributed by atoms with Gasteiger partial charge in [-0.3, -0.25) is 10.1 Å². The molecule has 6 heteroatoms. The molecule has 0 spiro atoms. The summed E-state index contributed by atoms with van der Waals surface area (Å²) < 4.78 is 0. The number of nitro benzene ring substituents is 1. The zero-order valence-corrected chi connectivity index (χ0v) is 22.8. The van der Waals surface area contributed by atoms with Crippen molar-refractivity contribution >= 4 is 35.7 Å². The Morgan fingerprint density at radius 3 is 1.93 bits per heavy atom. The molecule has 0 fully saturated rings. The Labute approximate surface area is 234 Å². The van der Waals surface area contributed by atoms with Crippen molar-refractivity contribution in [3.63, 3.8) is 0 Å². The smallest absolute Gasteiger partial charge is 0.270 e. The molecule has 4 aromatic rings. The summed E-state index contributed by atoms with van der Waals surface area (Å²) in [5.41, 5.74) is 4.48. The number of phenolic OH excluding ortho intramolecular Hbond substituents is 1. The lowest BCUT2D eigenvalue weighted by Crippen LogP contribution is -2.53. The van der Waals surface area contributed by atoms with Crippen LogP contribution in [0.15, 0.2) is 91.0 Å². The van der Waals surface area contributed by atoms with E-state index >= 15 is 0 Å². The van der Waals surface area contributed by atoms with Crippen LogP contribution in [0.1, 0.15) is 54.2 Å². The number of nitrogens with zero attached hydrogens (tertiary/aromatic N) is 2. The van der Waals surface area contributed by atoms with Crippen molar-refractivity contribution < 1.29 is 15.1 Å². The van der Waals surface area contributed by atoms with Crippen molar-refractivity contribution in [2.24, 2.45) is 0 Å². The molecular formula is C34H32N2O4. The Hall–Kier alpha value is -4.68. The van der Waals surface area contributed by atoms with E-state index in [1.165, 1.54) is 18.2 Å². The van der Waals surface area contributed by atoms with Gasteiger partial charge in [-0.2, -0.15) is 0 Å². The lowest BCUT2D eigenvalue weighted by molar-refractivity contribution is -0.384. The van der Waals surface area contributed by atoms with E-state index in [-0.39, 0.29) is 18.0 Å². The lowest BCUT2D eigenvalue weighted by atomic mass is 9.78. The largest absolute Gasteiger partial charge is 0.508 e. The molecule has 0 amide bonds. The Kier molecular flexibility index (Phi) is 7.04. The minimum atomic E-state index is -1.29. The summed E-state index contributed by atoms with van der Waals surface area (Å²) in [6, 6.07) is 28.5. The molecule has 1 atom stereocenters. The first-order valence-corrected chi connectivity index (χ1v) is 13.2. The first-order chi connectivity index (χ1) is 19.1. The van der Waals surface area contributed by atoms with Gasteiger partial charge in [0.15, 0.2) is 0 Å². The van der Waals surface area contributed by atoms with E-state index < -0.39 is 16.1 Å². The second-order valence-electron chi connectivity index (χ2n) is 10.8. The lowest BCUT2D eigenvalue weighted by Gasteiger charge is -2.40. The Morgan fingerprint density at radius 1 is 0.775 bits per heavy atom. The summed E-state index contributed by atoms with van der Waals surface area (Å²) in [5, 5.41) is 33.3. The van der Waals surface area contributed by atoms with E-state index in [1.807, 2.05) is 44.2 Å². The number of non-ortho nitro benzene ring substituents is 1. The average Bonchev–Trinajstić information content (AvgIpc) is 3.09. The van der Waals surface area contributed by atoms with Crippen molar-refractivity contribution in [2.45, 2.75) is 38.5 Å². The first kappa shape index (κ1) is 26.9. The van der Waals surface area contributed by atoms with Crippen LogP contribution in [-0.2, 0) is 12.0 Å². The molecule has 1 aliphatic rings. The van der Waals surface area contributed by atoms with Gasteiger partial charge in [-0.25, -0.2) is 0 Å². The summed E-state index contributed by atoms with van der Waals surface area (Å²) in [6.45, 7) is 5.82. The summed E-state index contributed by atoms with van der Waals surface area (Å²) in [7, 11) is 0. The van der Waals surface area contributed by atoms with Gasteiger partial charge in [0.25, 0.3) is 5.69 Å². The van der Waals surface area contributed by atoms with Crippen LogP contribution in [0.3, 0.4) is 0 Å². The number of aromatic hydroxyl groups is 1. The van der Waals surface area contributed by atoms with Crippen LogP contribution in [0.2, 0.25) is 0 Å². The van der Waals surface area contributed by atoms with Gasteiger partial charge in [0.2, 0.25) is 0 Å². The Bertz CT molecular complexity index is 1600. The highest BCUT2D eigenvalue weighted by molar-refractivity contribution is 5.76. The van der Waals surface area contributed by atoms with Gasteiger partial charge in [-0.15, -0.1) is 0 Å². The Morgan fingerprint density at radius 2 is 1.32 bits per heavy atom. The SMILES string of the molecule is CC1(C)c2cc(/C=C/c3ccc(/C=C/c4ccccc4)cc3)ccc2N(Cc2cc([N+](=O)[O-])ccc2O)C1(C)O. The maximum absolute atomic E-state index is 11.7. The molecule has 1 heterocycles. The number of aliphatic hydroxyl groups is 1. The highest BCUT2D eigenvalue weighted by atomic mass is 16.6. The number of anilines is 1. The molecule has 2 N–H and O–H groups in total. The summed E-state index contributed by atoms with van der Waals surface area (Å²) in [4.78, 5) is 12.6. The van der Waals surface area contributed by atoms with Gasteiger partial charge in [0, 0.05) is 35.3 Å². The van der Waals surface area contributed by atoms with E-state index in [0.29, 0.717) is 5.56 Å². The van der Waals surface area contributed by atoms with Gasteiger partial charge < -0.3 is 15.1 Å². The third-order valence-corrected chi connectivity index (χ3v) is 7.97. The molecule has 4 aromatic carbocycles. The molecule has 0 aliphatic carbocycles. The predicted molar refractivity (Wildman–Crippen MR) is 162 cm³/mol. The average molecular weight is 533 g/mol. The standard InChI is InChI=1S/C34H32N2O4/c1-33(2)30-21-27(16-15-26-13-11-25(12-14-26)10-9-24-7-5-4-6-8-24)17-19-31(30)35(34(33,3)38)23-28-22-29(36(39)40)18-20-32(28)37/h4-22,37-38H,23H2,1-3H3/b10-9+,16-15+. The third kappa shape index (κ3) is 5.14. The number of hydrogen-bond donors (Lipinski definition) is 2. The van der Waals surface area contributed by atoms with E-state index in [2.05, 4.69) is 66.8 Å². The molecule has 1 aliphatic heterocycles. The van der Waals surface area contributed by atoms with Gasteiger partial charge in [0.1, 0.15) is 11.5 Å². The maximum atomic E-state index is 11.7. The van der Waals surface area contributed by atoms with E-state index in [4.69, 9.17) is 0 Å². The minimum Gasteiger partial charge on any atom is -0.508 e. The van der Waals surface area contributed by atoms with Crippen molar-refractivity contribution in [1.29, 1.82) is 0 Å². The van der Waals surface area contributed by atoms with Crippen LogP contribution in [0.25, 0.3) is 24.3 Å². The predicted octanol–water partition coefficient (Wildman–Crippen LogP) is 7.65. The fourth-order valence-electron chi connectivity index (χ4n) is 5.11. The fraction of sp³-hybridized carbons (Fsp3) is 0.176.